The Kier molecular flexibility index (Phi) is 3.21. The number of hydrogen-bond acceptors (Lipinski definition) is 5. The van der Waals surface area contributed by atoms with Gasteiger partial charge in [-0.05, 0) is 0 Å². The van der Waals surface area contributed by atoms with Crippen molar-refractivity contribution in [3.8, 4) is 0 Å². The van der Waals surface area contributed by atoms with Gasteiger partial charge in [0, 0.05) is 0 Å². The lowest BCUT2D eigenvalue weighted by atomic mass is 10.1. The zero-order valence-electron chi connectivity index (χ0n) is 7.70. The fourth-order valence-corrected chi connectivity index (χ4v) is 1.06. The summed E-state index contributed by atoms with van der Waals surface area (Å²) in [4.78, 5) is 24.7. The fourth-order valence-electron chi connectivity index (χ4n) is 1.06. The summed E-state index contributed by atoms with van der Waals surface area (Å²) in [5.74, 6) is -3.38. The van der Waals surface area contributed by atoms with Crippen LogP contribution in [0.5, 0.6) is 0 Å². The molecule has 0 amide bonds. The van der Waals surface area contributed by atoms with Crippen LogP contribution in [-0.4, -0.2) is 36.9 Å². The van der Waals surface area contributed by atoms with Gasteiger partial charge in [-0.2, -0.15) is 5.10 Å². The Bertz CT molecular complexity index is 375. The molecule has 82 valence electrons. The van der Waals surface area contributed by atoms with Crippen LogP contribution in [0.2, 0.25) is 0 Å². The standard InChI is InChI=1S/C7H10N4O4/c8-7-9-3-10-11(7)2-4(6(14)15)1-5(12)13/h3-4H,1-2H2,(H,12,13)(H,14,15)(H2,8,9,10)/t4-/m0/s1. The summed E-state index contributed by atoms with van der Waals surface area (Å²) in [6.07, 6.45) is 0.698. The van der Waals surface area contributed by atoms with Crippen LogP contribution in [-0.2, 0) is 16.1 Å². The molecular weight excluding hydrogens is 204 g/mol. The van der Waals surface area contributed by atoms with Crippen molar-refractivity contribution < 1.29 is 19.8 Å². The van der Waals surface area contributed by atoms with Gasteiger partial charge in [-0.3, -0.25) is 9.59 Å². The molecular formula is C7H10N4O4. The second kappa shape index (κ2) is 4.40. The Morgan fingerprint density at radius 1 is 1.53 bits per heavy atom. The number of nitrogen functional groups attached to an aromatic ring is 1. The third kappa shape index (κ3) is 2.93. The normalized spacial score (nSPS) is 12.3. The Labute approximate surface area is 84.3 Å². The van der Waals surface area contributed by atoms with Crippen LogP contribution in [0.3, 0.4) is 0 Å². The van der Waals surface area contributed by atoms with Gasteiger partial charge in [-0.15, -0.1) is 0 Å². The molecule has 0 saturated carbocycles. The molecule has 0 aromatic carbocycles. The van der Waals surface area contributed by atoms with E-state index in [-0.39, 0.29) is 12.5 Å². The van der Waals surface area contributed by atoms with E-state index in [4.69, 9.17) is 15.9 Å². The van der Waals surface area contributed by atoms with Crippen LogP contribution in [0, 0.1) is 5.92 Å². The highest BCUT2D eigenvalue weighted by atomic mass is 16.4. The first-order valence-corrected chi connectivity index (χ1v) is 4.08. The minimum atomic E-state index is -1.20. The lowest BCUT2D eigenvalue weighted by molar-refractivity contribution is -0.148. The van der Waals surface area contributed by atoms with Crippen molar-refractivity contribution in [1.82, 2.24) is 14.8 Å². The molecule has 0 bridgehead atoms. The molecule has 8 nitrogen and oxygen atoms in total. The maximum Gasteiger partial charge on any atom is 0.308 e. The summed E-state index contributed by atoms with van der Waals surface area (Å²) in [5, 5.41) is 20.9. The zero-order valence-corrected chi connectivity index (χ0v) is 7.70. The van der Waals surface area contributed by atoms with E-state index in [1.165, 1.54) is 6.33 Å². The molecule has 1 atom stereocenters. The zero-order chi connectivity index (χ0) is 11.4. The van der Waals surface area contributed by atoms with Gasteiger partial charge in [-0.25, -0.2) is 9.67 Å². The first-order chi connectivity index (χ1) is 7.00. The molecule has 0 aliphatic rings. The first kappa shape index (κ1) is 11.0. The van der Waals surface area contributed by atoms with E-state index in [1.807, 2.05) is 0 Å². The summed E-state index contributed by atoms with van der Waals surface area (Å²) in [6, 6.07) is 0. The summed E-state index contributed by atoms with van der Waals surface area (Å²) in [5.41, 5.74) is 5.37. The minimum Gasteiger partial charge on any atom is -0.481 e. The van der Waals surface area contributed by atoms with Crippen LogP contribution in [0.25, 0.3) is 0 Å². The van der Waals surface area contributed by atoms with Gasteiger partial charge in [0.2, 0.25) is 5.95 Å². The summed E-state index contributed by atoms with van der Waals surface area (Å²) in [7, 11) is 0. The lowest BCUT2D eigenvalue weighted by Gasteiger charge is -2.09. The van der Waals surface area contributed by atoms with Crippen molar-refractivity contribution in [1.29, 1.82) is 0 Å². The predicted octanol–water partition coefficient (Wildman–Crippen LogP) is -0.964. The van der Waals surface area contributed by atoms with Crippen LogP contribution in [0.15, 0.2) is 6.33 Å². The third-order valence-electron chi connectivity index (χ3n) is 1.81. The Balaban J connectivity index is 2.71. The largest absolute Gasteiger partial charge is 0.481 e. The summed E-state index contributed by atoms with van der Waals surface area (Å²) >= 11 is 0. The van der Waals surface area contributed by atoms with E-state index < -0.39 is 24.3 Å². The van der Waals surface area contributed by atoms with Crippen molar-refractivity contribution in [3.05, 3.63) is 6.33 Å². The Morgan fingerprint density at radius 3 is 2.60 bits per heavy atom. The second-order valence-corrected chi connectivity index (χ2v) is 2.93. The third-order valence-corrected chi connectivity index (χ3v) is 1.81. The quantitative estimate of drug-likeness (QED) is 0.574. The van der Waals surface area contributed by atoms with Crippen molar-refractivity contribution in [2.45, 2.75) is 13.0 Å². The topological polar surface area (TPSA) is 131 Å². The molecule has 0 saturated heterocycles. The molecule has 8 heteroatoms. The molecule has 0 aliphatic carbocycles. The highest BCUT2D eigenvalue weighted by Gasteiger charge is 2.22. The number of rotatable bonds is 5. The molecule has 0 spiro atoms. The van der Waals surface area contributed by atoms with E-state index in [0.717, 1.165) is 4.68 Å². The van der Waals surface area contributed by atoms with Gasteiger partial charge in [-0.1, -0.05) is 0 Å². The van der Waals surface area contributed by atoms with Crippen molar-refractivity contribution >= 4 is 17.9 Å². The number of aromatic nitrogens is 3. The van der Waals surface area contributed by atoms with E-state index in [0.29, 0.717) is 0 Å². The van der Waals surface area contributed by atoms with Gasteiger partial charge in [0.25, 0.3) is 0 Å². The molecule has 1 aromatic heterocycles. The van der Waals surface area contributed by atoms with E-state index in [1.54, 1.807) is 0 Å². The van der Waals surface area contributed by atoms with Gasteiger partial charge < -0.3 is 15.9 Å². The van der Waals surface area contributed by atoms with Crippen molar-refractivity contribution in [3.63, 3.8) is 0 Å². The Morgan fingerprint density at radius 2 is 2.20 bits per heavy atom. The van der Waals surface area contributed by atoms with E-state index in [9.17, 15) is 9.59 Å². The van der Waals surface area contributed by atoms with Crippen LogP contribution >= 0.6 is 0 Å². The number of nitrogens with two attached hydrogens (primary N) is 1. The number of aliphatic carboxylic acids is 2. The van der Waals surface area contributed by atoms with E-state index in [2.05, 4.69) is 10.1 Å². The molecule has 4 N–H and O–H groups in total. The summed E-state index contributed by atoms with van der Waals surface area (Å²) in [6.45, 7) is -0.104. The van der Waals surface area contributed by atoms with Crippen LogP contribution in [0.1, 0.15) is 6.42 Å². The molecule has 0 radical (unpaired) electrons. The van der Waals surface area contributed by atoms with Crippen LogP contribution in [0.4, 0.5) is 5.95 Å². The van der Waals surface area contributed by atoms with Crippen LogP contribution < -0.4 is 5.73 Å². The van der Waals surface area contributed by atoms with Crippen molar-refractivity contribution in [2.75, 3.05) is 5.73 Å². The molecule has 1 aromatic rings. The predicted molar refractivity (Wildman–Crippen MR) is 47.8 cm³/mol. The molecule has 0 fully saturated rings. The number of carbonyl (C=O) groups is 2. The van der Waals surface area contributed by atoms with Gasteiger partial charge >= 0.3 is 11.9 Å². The van der Waals surface area contributed by atoms with Gasteiger partial charge in [0.15, 0.2) is 0 Å². The second-order valence-electron chi connectivity index (χ2n) is 2.93. The van der Waals surface area contributed by atoms with Gasteiger partial charge in [0.05, 0.1) is 18.9 Å². The fraction of sp³-hybridized carbons (Fsp3) is 0.429. The highest BCUT2D eigenvalue weighted by Crippen LogP contribution is 2.08. The average molecular weight is 214 g/mol. The van der Waals surface area contributed by atoms with E-state index >= 15 is 0 Å². The Hall–Kier alpha value is -2.12. The number of hydrogen-bond donors (Lipinski definition) is 3. The number of anilines is 1. The SMILES string of the molecule is Nc1ncnn1C[C@H](CC(=O)O)C(=O)O. The molecule has 0 aliphatic heterocycles. The molecule has 15 heavy (non-hydrogen) atoms. The van der Waals surface area contributed by atoms with Gasteiger partial charge in [0.1, 0.15) is 6.33 Å². The summed E-state index contributed by atoms with van der Waals surface area (Å²) < 4.78 is 1.15. The number of nitrogens with zero attached hydrogens (tertiary/aromatic N) is 3. The smallest absolute Gasteiger partial charge is 0.308 e. The first-order valence-electron chi connectivity index (χ1n) is 4.08. The molecule has 1 rings (SSSR count). The molecule has 0 unspecified atom stereocenters. The lowest BCUT2D eigenvalue weighted by Crippen LogP contribution is -2.24. The average Bonchev–Trinajstić information content (AvgIpc) is 2.50. The van der Waals surface area contributed by atoms with Crippen molar-refractivity contribution in [2.24, 2.45) is 5.92 Å². The monoisotopic (exact) mass is 214 g/mol. The molecule has 1 heterocycles. The maximum absolute atomic E-state index is 10.7. The number of carboxylic acid groups (broad SMARTS) is 2. The highest BCUT2D eigenvalue weighted by molar-refractivity contribution is 5.77. The maximum atomic E-state index is 10.7. The number of carboxylic acids is 2. The minimum absolute atomic E-state index is 0.0617.